The van der Waals surface area contributed by atoms with E-state index in [1.807, 2.05) is 55.5 Å². The Morgan fingerprint density at radius 3 is 2.64 bits per heavy atom. The second-order valence-electron chi connectivity index (χ2n) is 6.52. The maximum absolute atomic E-state index is 12.1. The van der Waals surface area contributed by atoms with Crippen molar-refractivity contribution in [2.75, 3.05) is 13.7 Å². The summed E-state index contributed by atoms with van der Waals surface area (Å²) in [6, 6.07) is 18.5. The largest absolute Gasteiger partial charge is 0.497 e. The number of carbonyl (C=O) groups is 1. The van der Waals surface area contributed by atoms with E-state index in [4.69, 9.17) is 4.74 Å². The number of aromatic nitrogens is 2. The van der Waals surface area contributed by atoms with Crippen molar-refractivity contribution in [1.82, 2.24) is 15.1 Å². The number of hydrogen-bond acceptors (Lipinski definition) is 4. The SMILES string of the molecule is COc1cccc(-c2ccc(=O)n(CCNC(=O)Cc3ccc(C)cc3)n2)c1. The molecule has 28 heavy (non-hydrogen) atoms. The fourth-order valence-corrected chi connectivity index (χ4v) is 2.80. The summed E-state index contributed by atoms with van der Waals surface area (Å²) in [5, 5.41) is 7.25. The fourth-order valence-electron chi connectivity index (χ4n) is 2.80. The number of hydrogen-bond donors (Lipinski definition) is 1. The zero-order valence-corrected chi connectivity index (χ0v) is 16.0. The van der Waals surface area contributed by atoms with Crippen LogP contribution in [0.1, 0.15) is 11.1 Å². The average molecular weight is 377 g/mol. The number of amides is 1. The molecule has 1 heterocycles. The summed E-state index contributed by atoms with van der Waals surface area (Å²) in [6.45, 7) is 2.64. The van der Waals surface area contributed by atoms with Gasteiger partial charge in [0.2, 0.25) is 5.91 Å². The number of ether oxygens (including phenoxy) is 1. The van der Waals surface area contributed by atoms with Crippen molar-refractivity contribution < 1.29 is 9.53 Å². The molecule has 0 spiro atoms. The van der Waals surface area contributed by atoms with Crippen molar-refractivity contribution in [3.05, 3.63) is 82.1 Å². The molecular weight excluding hydrogens is 354 g/mol. The number of nitrogens with zero attached hydrogens (tertiary/aromatic N) is 2. The Morgan fingerprint density at radius 2 is 1.89 bits per heavy atom. The highest BCUT2D eigenvalue weighted by Gasteiger charge is 2.06. The zero-order valence-electron chi connectivity index (χ0n) is 16.0. The molecule has 0 fully saturated rings. The molecule has 1 N–H and O–H groups in total. The molecule has 6 nitrogen and oxygen atoms in total. The molecular formula is C22H23N3O3. The summed E-state index contributed by atoms with van der Waals surface area (Å²) in [7, 11) is 1.60. The van der Waals surface area contributed by atoms with Crippen LogP contribution in [0, 0.1) is 6.92 Å². The van der Waals surface area contributed by atoms with Crippen molar-refractivity contribution in [2.24, 2.45) is 0 Å². The van der Waals surface area contributed by atoms with E-state index < -0.39 is 0 Å². The molecule has 3 aromatic rings. The van der Waals surface area contributed by atoms with Gasteiger partial charge in [-0.3, -0.25) is 9.59 Å². The van der Waals surface area contributed by atoms with Crippen molar-refractivity contribution in [3.63, 3.8) is 0 Å². The van der Waals surface area contributed by atoms with Crippen LogP contribution in [0.15, 0.2) is 65.5 Å². The molecule has 2 aromatic carbocycles. The van der Waals surface area contributed by atoms with Crippen molar-refractivity contribution >= 4 is 5.91 Å². The number of methoxy groups -OCH3 is 1. The van der Waals surface area contributed by atoms with Gasteiger partial charge >= 0.3 is 0 Å². The van der Waals surface area contributed by atoms with E-state index in [1.165, 1.54) is 10.7 Å². The Kier molecular flexibility index (Phi) is 6.22. The third-order valence-corrected chi connectivity index (χ3v) is 4.36. The molecule has 1 aromatic heterocycles. The minimum atomic E-state index is -0.209. The Balaban J connectivity index is 1.61. The van der Waals surface area contributed by atoms with Crippen LogP contribution >= 0.6 is 0 Å². The van der Waals surface area contributed by atoms with Gasteiger partial charge in [0.05, 0.1) is 25.8 Å². The third-order valence-electron chi connectivity index (χ3n) is 4.36. The van der Waals surface area contributed by atoms with Crippen LogP contribution in [0.25, 0.3) is 11.3 Å². The van der Waals surface area contributed by atoms with Gasteiger partial charge < -0.3 is 10.1 Å². The van der Waals surface area contributed by atoms with E-state index in [1.54, 1.807) is 13.2 Å². The normalized spacial score (nSPS) is 10.5. The summed E-state index contributed by atoms with van der Waals surface area (Å²) in [6.07, 6.45) is 0.312. The molecule has 3 rings (SSSR count). The minimum absolute atomic E-state index is 0.0825. The summed E-state index contributed by atoms with van der Waals surface area (Å²) in [5.41, 5.74) is 3.43. The lowest BCUT2D eigenvalue weighted by Crippen LogP contribution is -2.32. The van der Waals surface area contributed by atoms with Gasteiger partial charge in [-0.15, -0.1) is 0 Å². The first-order valence-corrected chi connectivity index (χ1v) is 9.10. The van der Waals surface area contributed by atoms with E-state index in [0.717, 1.165) is 22.4 Å². The van der Waals surface area contributed by atoms with Gasteiger partial charge in [0.1, 0.15) is 5.75 Å². The maximum atomic E-state index is 12.1. The smallest absolute Gasteiger partial charge is 0.266 e. The number of benzene rings is 2. The van der Waals surface area contributed by atoms with Crippen LogP contribution in [0.3, 0.4) is 0 Å². The Labute approximate surface area is 163 Å². The van der Waals surface area contributed by atoms with Gasteiger partial charge in [-0.05, 0) is 30.7 Å². The second-order valence-corrected chi connectivity index (χ2v) is 6.52. The zero-order chi connectivity index (χ0) is 19.9. The van der Waals surface area contributed by atoms with E-state index in [2.05, 4.69) is 10.4 Å². The lowest BCUT2D eigenvalue weighted by Gasteiger charge is -2.09. The molecule has 0 aliphatic heterocycles. The van der Waals surface area contributed by atoms with Gasteiger partial charge in [-0.1, -0.05) is 42.0 Å². The number of rotatable bonds is 7. The first-order valence-electron chi connectivity index (χ1n) is 9.10. The monoisotopic (exact) mass is 377 g/mol. The number of nitrogens with one attached hydrogen (secondary N) is 1. The van der Waals surface area contributed by atoms with Gasteiger partial charge in [0.15, 0.2) is 0 Å². The van der Waals surface area contributed by atoms with Gasteiger partial charge in [0, 0.05) is 18.2 Å². The van der Waals surface area contributed by atoms with E-state index >= 15 is 0 Å². The van der Waals surface area contributed by atoms with E-state index in [0.29, 0.717) is 25.2 Å². The van der Waals surface area contributed by atoms with Crippen LogP contribution in [0.5, 0.6) is 5.75 Å². The molecule has 0 saturated heterocycles. The Morgan fingerprint density at radius 1 is 1.11 bits per heavy atom. The van der Waals surface area contributed by atoms with Crippen molar-refractivity contribution in [1.29, 1.82) is 0 Å². The third kappa shape index (κ3) is 5.07. The Bertz CT molecular complexity index is 1010. The molecule has 0 radical (unpaired) electrons. The van der Waals surface area contributed by atoms with Crippen LogP contribution in [0.2, 0.25) is 0 Å². The average Bonchev–Trinajstić information content (AvgIpc) is 2.71. The summed E-state index contributed by atoms with van der Waals surface area (Å²) in [5.74, 6) is 0.640. The standard InChI is InChI=1S/C22H23N3O3/c1-16-6-8-17(9-7-16)14-21(26)23-12-13-25-22(27)11-10-20(24-25)18-4-3-5-19(15-18)28-2/h3-11,15H,12-14H2,1-2H3,(H,23,26). The molecule has 0 atom stereocenters. The predicted octanol–water partition coefficient (Wildman–Crippen LogP) is 2.59. The summed E-state index contributed by atoms with van der Waals surface area (Å²) >= 11 is 0. The number of aryl methyl sites for hydroxylation is 1. The Hall–Kier alpha value is -3.41. The van der Waals surface area contributed by atoms with Gasteiger partial charge in [0.25, 0.3) is 5.56 Å². The molecule has 6 heteroatoms. The number of carbonyl (C=O) groups excluding carboxylic acids is 1. The topological polar surface area (TPSA) is 73.2 Å². The van der Waals surface area contributed by atoms with Crippen LogP contribution in [-0.4, -0.2) is 29.3 Å². The highest BCUT2D eigenvalue weighted by Crippen LogP contribution is 2.21. The van der Waals surface area contributed by atoms with Crippen LogP contribution in [0.4, 0.5) is 0 Å². The molecule has 0 aliphatic carbocycles. The van der Waals surface area contributed by atoms with E-state index in [-0.39, 0.29) is 11.5 Å². The first kappa shape index (κ1) is 19.4. The molecule has 0 unspecified atom stereocenters. The summed E-state index contributed by atoms with van der Waals surface area (Å²) < 4.78 is 6.60. The lowest BCUT2D eigenvalue weighted by molar-refractivity contribution is -0.120. The molecule has 0 aliphatic rings. The van der Waals surface area contributed by atoms with Crippen molar-refractivity contribution in [3.8, 4) is 17.0 Å². The fraction of sp³-hybridized carbons (Fsp3) is 0.227. The molecule has 0 bridgehead atoms. The predicted molar refractivity (Wildman–Crippen MR) is 108 cm³/mol. The molecule has 0 saturated carbocycles. The van der Waals surface area contributed by atoms with E-state index in [9.17, 15) is 9.59 Å². The highest BCUT2D eigenvalue weighted by molar-refractivity contribution is 5.78. The van der Waals surface area contributed by atoms with Crippen molar-refractivity contribution in [2.45, 2.75) is 19.9 Å². The molecule has 144 valence electrons. The quantitative estimate of drug-likeness (QED) is 0.687. The maximum Gasteiger partial charge on any atom is 0.266 e. The second kappa shape index (κ2) is 8.99. The van der Waals surface area contributed by atoms with Crippen LogP contribution < -0.4 is 15.6 Å². The van der Waals surface area contributed by atoms with Gasteiger partial charge in [-0.2, -0.15) is 5.10 Å². The summed E-state index contributed by atoms with van der Waals surface area (Å²) in [4.78, 5) is 24.2. The van der Waals surface area contributed by atoms with Crippen LogP contribution in [-0.2, 0) is 17.8 Å². The van der Waals surface area contributed by atoms with Gasteiger partial charge in [-0.25, -0.2) is 4.68 Å². The first-order chi connectivity index (χ1) is 13.5. The lowest BCUT2D eigenvalue weighted by atomic mass is 10.1. The molecule has 1 amide bonds. The minimum Gasteiger partial charge on any atom is -0.497 e. The highest BCUT2D eigenvalue weighted by atomic mass is 16.5.